The molecule has 2 unspecified atom stereocenters. The first-order chi connectivity index (χ1) is 6.29. The van der Waals surface area contributed by atoms with E-state index in [9.17, 15) is 0 Å². The molecule has 0 bridgehead atoms. The van der Waals surface area contributed by atoms with Gasteiger partial charge in [-0.1, -0.05) is 19.3 Å². The van der Waals surface area contributed by atoms with Crippen molar-refractivity contribution in [3.05, 3.63) is 0 Å². The van der Waals surface area contributed by atoms with Crippen molar-refractivity contribution >= 4 is 11.6 Å². The number of halogens is 1. The number of unbranched alkanes of at least 4 members (excludes halogenated alkanes) is 2. The lowest BCUT2D eigenvalue weighted by molar-refractivity contribution is 0.102. The molecule has 0 amide bonds. The van der Waals surface area contributed by atoms with E-state index in [1.165, 1.54) is 38.5 Å². The zero-order valence-electron chi connectivity index (χ0n) is 8.60. The predicted octanol–water partition coefficient (Wildman–Crippen LogP) is 3.74. The summed E-state index contributed by atoms with van der Waals surface area (Å²) in [5.74, 6) is 0. The molecule has 0 radical (unpaired) electrons. The third kappa shape index (κ3) is 5.53. The third-order valence-electron chi connectivity index (χ3n) is 2.65. The summed E-state index contributed by atoms with van der Waals surface area (Å²) < 4.78 is 5.55. The molecule has 1 rings (SSSR count). The molecule has 0 aromatic carbocycles. The van der Waals surface area contributed by atoms with Crippen molar-refractivity contribution in [3.63, 3.8) is 0 Å². The van der Waals surface area contributed by atoms with Gasteiger partial charge in [-0.3, -0.25) is 0 Å². The maximum absolute atomic E-state index is 5.86. The van der Waals surface area contributed by atoms with Crippen LogP contribution in [0.5, 0.6) is 0 Å². The van der Waals surface area contributed by atoms with E-state index in [0.29, 0.717) is 11.5 Å². The van der Waals surface area contributed by atoms with Gasteiger partial charge in [0, 0.05) is 12.0 Å². The molecule has 1 heterocycles. The molecule has 1 fully saturated rings. The standard InChI is InChI=1S/C11H21ClO/c1-10(12)6-3-2-4-7-11-8-5-9-13-11/h10-11H,2-9H2,1H3. The largest absolute Gasteiger partial charge is 0.378 e. The summed E-state index contributed by atoms with van der Waals surface area (Å²) in [4.78, 5) is 0. The molecular formula is C11H21ClO. The van der Waals surface area contributed by atoms with Crippen LogP contribution in [0.3, 0.4) is 0 Å². The lowest BCUT2D eigenvalue weighted by atomic mass is 10.1. The van der Waals surface area contributed by atoms with Crippen molar-refractivity contribution in [1.29, 1.82) is 0 Å². The Bertz CT molecular complexity index is 119. The Balaban J connectivity index is 1.83. The van der Waals surface area contributed by atoms with Crippen LogP contribution >= 0.6 is 11.6 Å². The number of hydrogen-bond donors (Lipinski definition) is 0. The molecule has 2 atom stereocenters. The Morgan fingerprint density at radius 2 is 2.23 bits per heavy atom. The van der Waals surface area contributed by atoms with Gasteiger partial charge in [-0.15, -0.1) is 11.6 Å². The highest BCUT2D eigenvalue weighted by atomic mass is 35.5. The van der Waals surface area contributed by atoms with Gasteiger partial charge in [0.25, 0.3) is 0 Å². The smallest absolute Gasteiger partial charge is 0.0576 e. The fourth-order valence-electron chi connectivity index (χ4n) is 1.85. The molecule has 1 saturated heterocycles. The molecule has 78 valence electrons. The number of ether oxygens (including phenoxy) is 1. The minimum Gasteiger partial charge on any atom is -0.378 e. The van der Waals surface area contributed by atoms with E-state index in [2.05, 4.69) is 6.92 Å². The topological polar surface area (TPSA) is 9.23 Å². The summed E-state index contributed by atoms with van der Waals surface area (Å²) >= 11 is 5.86. The maximum Gasteiger partial charge on any atom is 0.0576 e. The van der Waals surface area contributed by atoms with Gasteiger partial charge in [-0.2, -0.15) is 0 Å². The molecule has 0 aliphatic carbocycles. The van der Waals surface area contributed by atoms with Crippen molar-refractivity contribution in [3.8, 4) is 0 Å². The number of alkyl halides is 1. The fraction of sp³-hybridized carbons (Fsp3) is 1.00. The lowest BCUT2D eigenvalue weighted by Crippen LogP contribution is -2.04. The van der Waals surface area contributed by atoms with Crippen molar-refractivity contribution < 1.29 is 4.74 Å². The van der Waals surface area contributed by atoms with Crippen LogP contribution in [0.4, 0.5) is 0 Å². The normalized spacial score (nSPS) is 24.9. The number of hydrogen-bond acceptors (Lipinski definition) is 1. The Kier molecular flexibility index (Phi) is 5.81. The van der Waals surface area contributed by atoms with E-state index in [1.54, 1.807) is 0 Å². The first-order valence-corrected chi connectivity index (χ1v) is 5.98. The second-order valence-corrected chi connectivity index (χ2v) is 4.80. The van der Waals surface area contributed by atoms with E-state index < -0.39 is 0 Å². The van der Waals surface area contributed by atoms with Gasteiger partial charge in [0.15, 0.2) is 0 Å². The van der Waals surface area contributed by atoms with Gasteiger partial charge in [-0.05, 0) is 32.6 Å². The van der Waals surface area contributed by atoms with Crippen molar-refractivity contribution in [2.45, 2.75) is 63.4 Å². The van der Waals surface area contributed by atoms with Gasteiger partial charge in [0.05, 0.1) is 6.10 Å². The molecule has 0 spiro atoms. The lowest BCUT2D eigenvalue weighted by Gasteiger charge is -2.08. The quantitative estimate of drug-likeness (QED) is 0.473. The van der Waals surface area contributed by atoms with Crippen LogP contribution in [-0.2, 0) is 4.74 Å². The Morgan fingerprint density at radius 3 is 2.85 bits per heavy atom. The van der Waals surface area contributed by atoms with Crippen molar-refractivity contribution in [2.75, 3.05) is 6.61 Å². The first-order valence-electron chi connectivity index (χ1n) is 5.54. The molecule has 0 aromatic heterocycles. The molecule has 0 N–H and O–H groups in total. The SMILES string of the molecule is CC(Cl)CCCCCC1CCCO1. The van der Waals surface area contributed by atoms with Gasteiger partial charge in [0.2, 0.25) is 0 Å². The average molecular weight is 205 g/mol. The van der Waals surface area contributed by atoms with Crippen LogP contribution in [0.2, 0.25) is 0 Å². The van der Waals surface area contributed by atoms with Crippen LogP contribution < -0.4 is 0 Å². The number of rotatable bonds is 6. The second kappa shape index (κ2) is 6.67. The highest BCUT2D eigenvalue weighted by molar-refractivity contribution is 6.20. The highest BCUT2D eigenvalue weighted by Gasteiger charge is 2.14. The second-order valence-electron chi connectivity index (χ2n) is 4.05. The molecular weight excluding hydrogens is 184 g/mol. The zero-order chi connectivity index (χ0) is 9.52. The van der Waals surface area contributed by atoms with E-state index in [4.69, 9.17) is 16.3 Å². The van der Waals surface area contributed by atoms with E-state index >= 15 is 0 Å². The van der Waals surface area contributed by atoms with Gasteiger partial charge in [0.1, 0.15) is 0 Å². The van der Waals surface area contributed by atoms with Crippen LogP contribution in [-0.4, -0.2) is 18.1 Å². The average Bonchev–Trinajstić information content (AvgIpc) is 2.55. The summed E-state index contributed by atoms with van der Waals surface area (Å²) in [5, 5.41) is 0.350. The Labute approximate surface area is 86.8 Å². The summed E-state index contributed by atoms with van der Waals surface area (Å²) in [6, 6.07) is 0. The monoisotopic (exact) mass is 204 g/mol. The van der Waals surface area contributed by atoms with Crippen LogP contribution in [0.25, 0.3) is 0 Å². The van der Waals surface area contributed by atoms with Gasteiger partial charge in [-0.25, -0.2) is 0 Å². The van der Waals surface area contributed by atoms with E-state index in [1.807, 2.05) is 0 Å². The van der Waals surface area contributed by atoms with Gasteiger partial charge >= 0.3 is 0 Å². The predicted molar refractivity (Wildman–Crippen MR) is 57.4 cm³/mol. The molecule has 1 nitrogen and oxygen atoms in total. The van der Waals surface area contributed by atoms with Crippen molar-refractivity contribution in [1.82, 2.24) is 0 Å². The van der Waals surface area contributed by atoms with E-state index in [0.717, 1.165) is 13.0 Å². The molecule has 13 heavy (non-hydrogen) atoms. The molecule has 1 aliphatic rings. The molecule has 0 aromatic rings. The Hall–Kier alpha value is 0.250. The maximum atomic E-state index is 5.86. The third-order valence-corrected chi connectivity index (χ3v) is 2.87. The molecule has 2 heteroatoms. The van der Waals surface area contributed by atoms with Crippen LogP contribution in [0, 0.1) is 0 Å². The van der Waals surface area contributed by atoms with Crippen molar-refractivity contribution in [2.24, 2.45) is 0 Å². The summed E-state index contributed by atoms with van der Waals surface area (Å²) in [5.41, 5.74) is 0. The minimum absolute atomic E-state index is 0.350. The van der Waals surface area contributed by atoms with E-state index in [-0.39, 0.29) is 0 Å². The van der Waals surface area contributed by atoms with Crippen LogP contribution in [0.1, 0.15) is 51.9 Å². The van der Waals surface area contributed by atoms with Crippen LogP contribution in [0.15, 0.2) is 0 Å². The molecule has 0 saturated carbocycles. The summed E-state index contributed by atoms with van der Waals surface area (Å²) in [7, 11) is 0. The molecule has 1 aliphatic heterocycles. The first kappa shape index (κ1) is 11.3. The minimum atomic E-state index is 0.350. The zero-order valence-corrected chi connectivity index (χ0v) is 9.35. The Morgan fingerprint density at radius 1 is 1.38 bits per heavy atom. The highest BCUT2D eigenvalue weighted by Crippen LogP contribution is 2.18. The fourth-order valence-corrected chi connectivity index (χ4v) is 2.00. The van der Waals surface area contributed by atoms with Gasteiger partial charge < -0.3 is 4.74 Å². The summed E-state index contributed by atoms with van der Waals surface area (Å²) in [6.07, 6.45) is 9.45. The summed E-state index contributed by atoms with van der Waals surface area (Å²) in [6.45, 7) is 3.06.